The molecule has 134 valence electrons. The van der Waals surface area contributed by atoms with Crippen molar-refractivity contribution in [2.45, 2.75) is 77.4 Å². The van der Waals surface area contributed by atoms with Gasteiger partial charge < -0.3 is 14.6 Å². The molecule has 7 atom stereocenters. The van der Waals surface area contributed by atoms with Gasteiger partial charge in [0.05, 0.1) is 17.6 Å². The number of carbonyl (C=O) groups excluding carboxylic acids is 1. The van der Waals surface area contributed by atoms with E-state index in [0.717, 1.165) is 58.0 Å². The van der Waals surface area contributed by atoms with Crippen LogP contribution >= 0.6 is 0 Å². The molecule has 3 fully saturated rings. The molecule has 0 spiro atoms. The molecule has 1 N–H and O–H groups in total. The van der Waals surface area contributed by atoms with Crippen molar-refractivity contribution in [3.05, 3.63) is 11.6 Å². The van der Waals surface area contributed by atoms with Gasteiger partial charge in [0, 0.05) is 6.61 Å². The second-order valence-electron chi connectivity index (χ2n) is 8.96. The van der Waals surface area contributed by atoms with Crippen LogP contribution in [0.15, 0.2) is 11.6 Å². The second-order valence-corrected chi connectivity index (χ2v) is 8.96. The fourth-order valence-corrected chi connectivity index (χ4v) is 6.90. The zero-order valence-electron chi connectivity index (χ0n) is 15.2. The Hall–Kier alpha value is -0.670. The number of allylic oxidation sites excluding steroid dienone is 1. The lowest BCUT2D eigenvalue weighted by Gasteiger charge is -2.56. The topological polar surface area (TPSA) is 46.5 Å². The number of ether oxygens (including phenoxy) is 1. The summed E-state index contributed by atoms with van der Waals surface area (Å²) in [6.45, 7) is 5.11. The number of hydrogen-bond donors (Lipinski definition) is 1. The van der Waals surface area contributed by atoms with Crippen molar-refractivity contribution in [1.29, 1.82) is 0 Å². The molecule has 4 aliphatic carbocycles. The number of aldehydes is 1. The first-order chi connectivity index (χ1) is 11.5. The van der Waals surface area contributed by atoms with Crippen molar-refractivity contribution in [1.82, 2.24) is 0 Å². The van der Waals surface area contributed by atoms with Crippen molar-refractivity contribution in [3.63, 3.8) is 0 Å². The van der Waals surface area contributed by atoms with Gasteiger partial charge in [-0.2, -0.15) is 0 Å². The Morgan fingerprint density at radius 2 is 2.08 bits per heavy atom. The first-order valence-corrected chi connectivity index (χ1v) is 10.0. The third-order valence-corrected chi connectivity index (χ3v) is 8.22. The minimum absolute atomic E-state index is 0.0824. The molecule has 0 aromatic carbocycles. The summed E-state index contributed by atoms with van der Waals surface area (Å²) in [6, 6.07) is 0. The van der Waals surface area contributed by atoms with E-state index in [1.165, 1.54) is 11.9 Å². The van der Waals surface area contributed by atoms with Gasteiger partial charge >= 0.3 is 0 Å². The maximum absolute atomic E-state index is 12.3. The Labute approximate surface area is 145 Å². The van der Waals surface area contributed by atoms with Crippen LogP contribution in [0.25, 0.3) is 0 Å². The lowest BCUT2D eigenvalue weighted by atomic mass is 9.48. The Balaban J connectivity index is 1.65. The molecule has 3 heteroatoms. The number of fused-ring (bicyclic) bond motifs is 5. The van der Waals surface area contributed by atoms with E-state index in [1.54, 1.807) is 0 Å². The molecule has 0 aliphatic heterocycles. The summed E-state index contributed by atoms with van der Waals surface area (Å²) in [6.07, 6.45) is 12.1. The summed E-state index contributed by atoms with van der Waals surface area (Å²) in [5, 5.41) is 10.5. The molecule has 0 bridgehead atoms. The molecular formula is C21H32O3. The number of aliphatic hydroxyl groups is 1. The summed E-state index contributed by atoms with van der Waals surface area (Å²) in [4.78, 5) is 12.3. The van der Waals surface area contributed by atoms with Gasteiger partial charge in [0.2, 0.25) is 0 Å². The van der Waals surface area contributed by atoms with Gasteiger partial charge in [0.1, 0.15) is 6.29 Å². The Bertz CT molecular complexity index is 541. The maximum atomic E-state index is 12.3. The molecule has 4 rings (SSSR count). The minimum atomic E-state index is -0.231. The van der Waals surface area contributed by atoms with Crippen LogP contribution in [0.1, 0.15) is 65.2 Å². The summed E-state index contributed by atoms with van der Waals surface area (Å²) in [5.74, 6) is 1.66. The summed E-state index contributed by atoms with van der Waals surface area (Å²) < 4.78 is 5.87. The highest BCUT2D eigenvalue weighted by molar-refractivity contribution is 5.67. The molecule has 4 aliphatic rings. The number of rotatable bonds is 3. The van der Waals surface area contributed by atoms with Crippen LogP contribution in [0.3, 0.4) is 0 Å². The van der Waals surface area contributed by atoms with Crippen LogP contribution < -0.4 is 0 Å². The highest BCUT2D eigenvalue weighted by atomic mass is 16.5. The Morgan fingerprint density at radius 1 is 1.25 bits per heavy atom. The van der Waals surface area contributed by atoms with Crippen LogP contribution in [-0.2, 0) is 9.53 Å². The molecular weight excluding hydrogens is 300 g/mol. The maximum Gasteiger partial charge on any atom is 0.130 e. The van der Waals surface area contributed by atoms with Gasteiger partial charge in [0.25, 0.3) is 0 Å². The average Bonchev–Trinajstić information content (AvgIpc) is 2.90. The Kier molecular flexibility index (Phi) is 4.16. The van der Waals surface area contributed by atoms with Gasteiger partial charge in [-0.3, -0.25) is 0 Å². The molecule has 24 heavy (non-hydrogen) atoms. The van der Waals surface area contributed by atoms with E-state index < -0.39 is 0 Å². The van der Waals surface area contributed by atoms with Crippen molar-refractivity contribution >= 4 is 6.29 Å². The van der Waals surface area contributed by atoms with Crippen LogP contribution in [0, 0.1) is 28.6 Å². The van der Waals surface area contributed by atoms with E-state index in [-0.39, 0.29) is 16.9 Å². The van der Waals surface area contributed by atoms with Gasteiger partial charge in [-0.1, -0.05) is 18.6 Å². The van der Waals surface area contributed by atoms with Crippen LogP contribution in [0.2, 0.25) is 0 Å². The van der Waals surface area contributed by atoms with Gasteiger partial charge in [0.15, 0.2) is 0 Å². The quantitative estimate of drug-likeness (QED) is 0.630. The monoisotopic (exact) mass is 332 g/mol. The Morgan fingerprint density at radius 3 is 2.83 bits per heavy atom. The van der Waals surface area contributed by atoms with E-state index in [0.29, 0.717) is 23.9 Å². The standard InChI is InChI=1S/C21H32O3/c1-3-24-15-8-11-21(13-22)14(12-15)4-5-16-17-6-7-19(23)20(17,2)10-9-18(16)21/h4,13,15-19,23H,3,5-12H2,1-2H3/t15-,16-,17-,18-,19-,20-,21+/m0/s1. The lowest BCUT2D eigenvalue weighted by Crippen LogP contribution is -2.52. The van der Waals surface area contributed by atoms with E-state index in [1.807, 2.05) is 0 Å². The molecule has 0 heterocycles. The van der Waals surface area contributed by atoms with E-state index in [4.69, 9.17) is 4.74 Å². The molecule has 0 aromatic rings. The summed E-state index contributed by atoms with van der Waals surface area (Å²) >= 11 is 0. The molecule has 3 nitrogen and oxygen atoms in total. The van der Waals surface area contributed by atoms with Crippen molar-refractivity contribution in [3.8, 4) is 0 Å². The fourth-order valence-electron chi connectivity index (χ4n) is 6.90. The SMILES string of the molecule is CCO[C@H]1CC[C@@]2(C=O)C(=CC[C@H]3[C@@H]4CC[C@H](O)[C@@]4(C)CC[C@@H]32)C1. The molecule has 0 unspecified atom stereocenters. The summed E-state index contributed by atoms with van der Waals surface area (Å²) in [5.41, 5.74) is 1.22. The van der Waals surface area contributed by atoms with E-state index in [9.17, 15) is 9.90 Å². The molecule has 0 aromatic heterocycles. The molecule has 0 radical (unpaired) electrons. The van der Waals surface area contributed by atoms with Gasteiger partial charge in [-0.05, 0) is 81.5 Å². The number of carbonyl (C=O) groups is 1. The highest BCUT2D eigenvalue weighted by Gasteiger charge is 2.59. The van der Waals surface area contributed by atoms with Crippen molar-refractivity contribution in [2.24, 2.45) is 28.6 Å². The smallest absolute Gasteiger partial charge is 0.130 e. The molecule has 0 saturated heterocycles. The van der Waals surface area contributed by atoms with Crippen LogP contribution in [0.5, 0.6) is 0 Å². The third kappa shape index (κ3) is 2.20. The average molecular weight is 332 g/mol. The van der Waals surface area contributed by atoms with Crippen molar-refractivity contribution < 1.29 is 14.6 Å². The van der Waals surface area contributed by atoms with Gasteiger partial charge in [-0.25, -0.2) is 0 Å². The minimum Gasteiger partial charge on any atom is -0.393 e. The third-order valence-electron chi connectivity index (χ3n) is 8.22. The fraction of sp³-hybridized carbons (Fsp3) is 0.857. The van der Waals surface area contributed by atoms with Gasteiger partial charge in [-0.15, -0.1) is 0 Å². The largest absolute Gasteiger partial charge is 0.393 e. The zero-order chi connectivity index (χ0) is 16.9. The van der Waals surface area contributed by atoms with Crippen molar-refractivity contribution in [2.75, 3.05) is 6.61 Å². The predicted molar refractivity (Wildman–Crippen MR) is 93.5 cm³/mol. The predicted octanol–water partition coefficient (Wildman–Crippen LogP) is 3.89. The number of aliphatic hydroxyl groups excluding tert-OH is 1. The normalized spacial score (nSPS) is 50.5. The molecule has 0 amide bonds. The van der Waals surface area contributed by atoms with Crippen LogP contribution in [-0.4, -0.2) is 30.2 Å². The van der Waals surface area contributed by atoms with Crippen LogP contribution in [0.4, 0.5) is 0 Å². The lowest BCUT2D eigenvalue weighted by molar-refractivity contribution is -0.128. The molecule has 3 saturated carbocycles. The van der Waals surface area contributed by atoms with E-state index >= 15 is 0 Å². The first-order valence-electron chi connectivity index (χ1n) is 10.0. The number of hydrogen-bond acceptors (Lipinski definition) is 3. The van der Waals surface area contributed by atoms with E-state index in [2.05, 4.69) is 19.9 Å². The highest BCUT2D eigenvalue weighted by Crippen LogP contribution is 2.64. The second kappa shape index (κ2) is 5.95. The summed E-state index contributed by atoms with van der Waals surface area (Å²) in [7, 11) is 0. The zero-order valence-corrected chi connectivity index (χ0v) is 15.2. The first kappa shape index (κ1) is 16.8.